The van der Waals surface area contributed by atoms with Gasteiger partial charge >= 0.3 is 0 Å². The molecule has 0 spiro atoms. The minimum absolute atomic E-state index is 0.0381. The average molecular weight is 266 g/mol. The molecular formula is C12H14N2O3S. The molecule has 18 heavy (non-hydrogen) atoms. The maximum absolute atomic E-state index is 12.0. The van der Waals surface area contributed by atoms with Crippen LogP contribution in [-0.2, 0) is 9.84 Å². The number of rotatable bonds is 3. The molecule has 1 aromatic carbocycles. The molecule has 0 bridgehead atoms. The van der Waals surface area contributed by atoms with Crippen LogP contribution in [0.2, 0.25) is 0 Å². The van der Waals surface area contributed by atoms with Gasteiger partial charge in [-0.15, -0.1) is 0 Å². The standard InChI is InChI=1S/C12H14N2O3S/c1-3-18(15,16)11-5-4-8(2)6-9(11)10-7-12(13)17-14-10/h4-7H,3,13H2,1-2H3. The van der Waals surface area contributed by atoms with Crippen LogP contribution in [0.3, 0.4) is 0 Å². The Labute approximate surface area is 106 Å². The van der Waals surface area contributed by atoms with Crippen molar-refractivity contribution in [3.05, 3.63) is 29.8 Å². The van der Waals surface area contributed by atoms with Crippen LogP contribution in [0.4, 0.5) is 5.88 Å². The first-order valence-electron chi connectivity index (χ1n) is 5.50. The van der Waals surface area contributed by atoms with E-state index in [2.05, 4.69) is 5.16 Å². The van der Waals surface area contributed by atoms with Crippen molar-refractivity contribution < 1.29 is 12.9 Å². The lowest BCUT2D eigenvalue weighted by Gasteiger charge is -2.07. The van der Waals surface area contributed by atoms with Crippen LogP contribution in [0.5, 0.6) is 0 Å². The highest BCUT2D eigenvalue weighted by Gasteiger charge is 2.19. The van der Waals surface area contributed by atoms with E-state index < -0.39 is 9.84 Å². The van der Waals surface area contributed by atoms with E-state index in [0.717, 1.165) is 5.56 Å². The van der Waals surface area contributed by atoms with Gasteiger partial charge in [-0.05, 0) is 19.1 Å². The summed E-state index contributed by atoms with van der Waals surface area (Å²) in [7, 11) is -3.31. The van der Waals surface area contributed by atoms with Crippen molar-refractivity contribution in [3.8, 4) is 11.3 Å². The smallest absolute Gasteiger partial charge is 0.222 e. The first-order valence-corrected chi connectivity index (χ1v) is 7.15. The van der Waals surface area contributed by atoms with Gasteiger partial charge < -0.3 is 10.3 Å². The van der Waals surface area contributed by atoms with Gasteiger partial charge in [-0.1, -0.05) is 23.7 Å². The molecule has 1 aromatic heterocycles. The summed E-state index contributed by atoms with van der Waals surface area (Å²) in [4.78, 5) is 0.254. The average Bonchev–Trinajstić information content (AvgIpc) is 2.75. The molecule has 1 heterocycles. The topological polar surface area (TPSA) is 86.2 Å². The van der Waals surface area contributed by atoms with Crippen LogP contribution in [-0.4, -0.2) is 19.3 Å². The molecular weight excluding hydrogens is 252 g/mol. The predicted octanol–water partition coefficient (Wildman–Crippen LogP) is 2.03. The van der Waals surface area contributed by atoms with Crippen molar-refractivity contribution in [3.63, 3.8) is 0 Å². The van der Waals surface area contributed by atoms with E-state index in [9.17, 15) is 8.42 Å². The maximum Gasteiger partial charge on any atom is 0.222 e. The van der Waals surface area contributed by atoms with Gasteiger partial charge in [-0.3, -0.25) is 0 Å². The molecule has 0 saturated heterocycles. The maximum atomic E-state index is 12.0. The molecule has 2 rings (SSSR count). The van der Waals surface area contributed by atoms with Gasteiger partial charge in [0.1, 0.15) is 5.69 Å². The minimum atomic E-state index is -3.31. The fourth-order valence-electron chi connectivity index (χ4n) is 1.69. The molecule has 0 saturated carbocycles. The second-order valence-corrected chi connectivity index (χ2v) is 6.26. The Morgan fingerprint density at radius 3 is 2.61 bits per heavy atom. The molecule has 0 unspecified atom stereocenters. The molecule has 2 aromatic rings. The second-order valence-electron chi connectivity index (χ2n) is 4.02. The van der Waals surface area contributed by atoms with E-state index >= 15 is 0 Å². The van der Waals surface area contributed by atoms with E-state index in [1.807, 2.05) is 6.92 Å². The minimum Gasteiger partial charge on any atom is -0.368 e. The van der Waals surface area contributed by atoms with E-state index in [4.69, 9.17) is 10.3 Å². The SMILES string of the molecule is CCS(=O)(=O)c1ccc(C)cc1-c1cc(N)on1. The van der Waals surface area contributed by atoms with Gasteiger partial charge in [0.25, 0.3) is 0 Å². The molecule has 2 N–H and O–H groups in total. The number of sulfone groups is 1. The number of aromatic nitrogens is 1. The lowest BCUT2D eigenvalue weighted by molar-refractivity contribution is 0.439. The van der Waals surface area contributed by atoms with Crippen LogP contribution in [0.15, 0.2) is 33.7 Å². The Kier molecular flexibility index (Phi) is 3.13. The van der Waals surface area contributed by atoms with E-state index in [1.54, 1.807) is 25.1 Å². The predicted molar refractivity (Wildman–Crippen MR) is 68.8 cm³/mol. The normalized spacial score (nSPS) is 11.7. The van der Waals surface area contributed by atoms with Crippen LogP contribution in [0, 0.1) is 6.92 Å². The zero-order chi connectivity index (χ0) is 13.3. The zero-order valence-corrected chi connectivity index (χ0v) is 11.0. The summed E-state index contributed by atoms with van der Waals surface area (Å²) in [5.74, 6) is 0.197. The second kappa shape index (κ2) is 4.45. The number of benzene rings is 1. The molecule has 0 fully saturated rings. The molecule has 0 aliphatic heterocycles. The third-order valence-corrected chi connectivity index (χ3v) is 4.44. The molecule has 5 nitrogen and oxygen atoms in total. The van der Waals surface area contributed by atoms with Crippen molar-refractivity contribution in [2.75, 3.05) is 11.5 Å². The van der Waals surface area contributed by atoms with Gasteiger partial charge in [-0.25, -0.2) is 8.42 Å². The quantitative estimate of drug-likeness (QED) is 0.918. The Balaban J connectivity index is 2.69. The van der Waals surface area contributed by atoms with Crippen LogP contribution in [0.1, 0.15) is 12.5 Å². The molecule has 0 atom stereocenters. The Morgan fingerprint density at radius 2 is 2.06 bits per heavy atom. The van der Waals surface area contributed by atoms with Gasteiger partial charge in [0.2, 0.25) is 5.88 Å². The number of aryl methyl sites for hydroxylation is 1. The first-order chi connectivity index (χ1) is 8.44. The van der Waals surface area contributed by atoms with Crippen molar-refractivity contribution in [1.29, 1.82) is 0 Å². The van der Waals surface area contributed by atoms with E-state index in [1.165, 1.54) is 6.07 Å². The highest BCUT2D eigenvalue weighted by molar-refractivity contribution is 7.91. The van der Waals surface area contributed by atoms with Crippen molar-refractivity contribution in [2.24, 2.45) is 0 Å². The van der Waals surface area contributed by atoms with Crippen molar-refractivity contribution >= 4 is 15.7 Å². The summed E-state index contributed by atoms with van der Waals surface area (Å²) in [6.07, 6.45) is 0. The number of nitrogen functional groups attached to an aromatic ring is 1. The Morgan fingerprint density at radius 1 is 1.33 bits per heavy atom. The number of hydrogen-bond donors (Lipinski definition) is 1. The van der Waals surface area contributed by atoms with E-state index in [0.29, 0.717) is 11.3 Å². The number of nitrogens with two attached hydrogens (primary N) is 1. The summed E-state index contributed by atoms with van der Waals surface area (Å²) in [6.45, 7) is 3.49. The zero-order valence-electron chi connectivity index (χ0n) is 10.2. The largest absolute Gasteiger partial charge is 0.368 e. The Bertz CT molecular complexity index is 674. The lowest BCUT2D eigenvalue weighted by atomic mass is 10.1. The third kappa shape index (κ3) is 2.24. The fourth-order valence-corrected chi connectivity index (χ4v) is 2.77. The number of nitrogens with zero attached hydrogens (tertiary/aromatic N) is 1. The molecule has 0 aliphatic carbocycles. The molecule has 6 heteroatoms. The Hall–Kier alpha value is -1.82. The van der Waals surface area contributed by atoms with Crippen LogP contribution in [0.25, 0.3) is 11.3 Å². The third-order valence-electron chi connectivity index (χ3n) is 2.65. The van der Waals surface area contributed by atoms with Crippen molar-refractivity contribution in [1.82, 2.24) is 5.16 Å². The lowest BCUT2D eigenvalue weighted by Crippen LogP contribution is -2.05. The molecule has 96 valence electrons. The molecule has 0 aliphatic rings. The fraction of sp³-hybridized carbons (Fsp3) is 0.250. The monoisotopic (exact) mass is 266 g/mol. The summed E-state index contributed by atoms with van der Waals surface area (Å²) in [5, 5.41) is 3.77. The number of anilines is 1. The summed E-state index contributed by atoms with van der Waals surface area (Å²) in [5.41, 5.74) is 7.37. The van der Waals surface area contributed by atoms with E-state index in [-0.39, 0.29) is 16.5 Å². The first kappa shape index (κ1) is 12.6. The van der Waals surface area contributed by atoms with Crippen molar-refractivity contribution in [2.45, 2.75) is 18.7 Å². The van der Waals surface area contributed by atoms with Gasteiger partial charge in [0.05, 0.1) is 10.6 Å². The summed E-state index contributed by atoms with van der Waals surface area (Å²) >= 11 is 0. The van der Waals surface area contributed by atoms with Crippen LogP contribution < -0.4 is 5.73 Å². The highest BCUT2D eigenvalue weighted by Crippen LogP contribution is 2.29. The summed E-state index contributed by atoms with van der Waals surface area (Å²) < 4.78 is 28.8. The molecule has 0 radical (unpaired) electrons. The number of hydrogen-bond acceptors (Lipinski definition) is 5. The molecule has 0 amide bonds. The summed E-state index contributed by atoms with van der Waals surface area (Å²) in [6, 6.07) is 6.63. The highest BCUT2D eigenvalue weighted by atomic mass is 32.2. The van der Waals surface area contributed by atoms with Gasteiger partial charge in [0, 0.05) is 11.6 Å². The van der Waals surface area contributed by atoms with Crippen LogP contribution >= 0.6 is 0 Å². The van der Waals surface area contributed by atoms with Gasteiger partial charge in [-0.2, -0.15) is 0 Å². The van der Waals surface area contributed by atoms with Gasteiger partial charge in [0.15, 0.2) is 9.84 Å².